The molecule has 0 N–H and O–H groups in total. The van der Waals surface area contributed by atoms with Gasteiger partial charge in [-0.3, -0.25) is 0 Å². The van der Waals surface area contributed by atoms with Gasteiger partial charge >= 0.3 is 0 Å². The van der Waals surface area contributed by atoms with E-state index in [2.05, 4.69) is 13.8 Å². The molecule has 0 aliphatic heterocycles. The average Bonchev–Trinajstić information content (AvgIpc) is 2.06. The zero-order chi connectivity index (χ0) is 13.5. The van der Waals surface area contributed by atoms with Crippen LogP contribution in [0.2, 0.25) is 0 Å². The van der Waals surface area contributed by atoms with Crippen molar-refractivity contribution in [1.82, 2.24) is 0 Å². The Morgan fingerprint density at radius 2 is 1.94 bits per heavy atom. The quantitative estimate of drug-likeness (QED) is 0.783. The third-order valence-corrected chi connectivity index (χ3v) is 4.10. The highest BCUT2D eigenvalue weighted by Crippen LogP contribution is 2.51. The molecule has 3 nitrogen and oxygen atoms in total. The van der Waals surface area contributed by atoms with Crippen molar-refractivity contribution in [2.24, 2.45) is 11.3 Å². The lowest BCUT2D eigenvalue weighted by molar-refractivity contribution is -0.0545. The van der Waals surface area contributed by atoms with Gasteiger partial charge in [-0.1, -0.05) is 19.4 Å². The van der Waals surface area contributed by atoms with Gasteiger partial charge in [-0.2, -0.15) is 0 Å². The summed E-state index contributed by atoms with van der Waals surface area (Å²) in [5.74, 6) is 0.412. The topological polar surface area (TPSA) is 43.4 Å². The molecule has 1 unspecified atom stereocenters. The predicted molar refractivity (Wildman–Crippen MR) is 70.5 cm³/mol. The molecular weight excluding hydrogens is 236 g/mol. The molecule has 1 saturated carbocycles. The van der Waals surface area contributed by atoms with Gasteiger partial charge in [0.25, 0.3) is 0 Å². The van der Waals surface area contributed by atoms with Gasteiger partial charge < -0.3 is 4.74 Å². The first-order valence-corrected chi connectivity index (χ1v) is 7.92. The minimum Gasteiger partial charge on any atom is -0.376 e. The standard InChI is InChI=1S/C13H24O3S/c1-12(2,3)16-8-10-7-11(13(10,4)5)9-17(6,14)15/h9-10H,7-8H2,1-6H3. The van der Waals surface area contributed by atoms with E-state index in [4.69, 9.17) is 4.74 Å². The van der Waals surface area contributed by atoms with Crippen LogP contribution in [0.25, 0.3) is 0 Å². The lowest BCUT2D eigenvalue weighted by atomic mass is 9.59. The summed E-state index contributed by atoms with van der Waals surface area (Å²) >= 11 is 0. The Morgan fingerprint density at radius 3 is 2.29 bits per heavy atom. The van der Waals surface area contributed by atoms with E-state index in [1.165, 1.54) is 11.7 Å². The van der Waals surface area contributed by atoms with Crippen molar-refractivity contribution in [2.45, 2.75) is 46.6 Å². The molecule has 1 aliphatic rings. The fourth-order valence-electron chi connectivity index (χ4n) is 1.99. The van der Waals surface area contributed by atoms with Crippen LogP contribution >= 0.6 is 0 Å². The minimum atomic E-state index is -3.02. The molecule has 0 aromatic carbocycles. The Morgan fingerprint density at radius 1 is 1.41 bits per heavy atom. The van der Waals surface area contributed by atoms with Gasteiger partial charge in [0.05, 0.1) is 12.2 Å². The van der Waals surface area contributed by atoms with Gasteiger partial charge in [0.1, 0.15) is 0 Å². The van der Waals surface area contributed by atoms with Crippen LogP contribution in [0.4, 0.5) is 0 Å². The summed E-state index contributed by atoms with van der Waals surface area (Å²) in [6.07, 6.45) is 2.07. The first kappa shape index (κ1) is 14.7. The van der Waals surface area contributed by atoms with Crippen LogP contribution in [-0.2, 0) is 14.6 Å². The number of sulfone groups is 1. The minimum absolute atomic E-state index is 0.0612. The van der Waals surface area contributed by atoms with Crippen molar-refractivity contribution in [1.29, 1.82) is 0 Å². The van der Waals surface area contributed by atoms with E-state index in [-0.39, 0.29) is 11.0 Å². The van der Waals surface area contributed by atoms with Crippen molar-refractivity contribution < 1.29 is 13.2 Å². The number of allylic oxidation sites excluding steroid dienone is 1. The largest absolute Gasteiger partial charge is 0.376 e. The maximum atomic E-state index is 11.2. The summed E-state index contributed by atoms with van der Waals surface area (Å²) in [6.45, 7) is 11.0. The van der Waals surface area contributed by atoms with Gasteiger partial charge in [-0.15, -0.1) is 0 Å². The Hall–Kier alpha value is -0.350. The van der Waals surface area contributed by atoms with Crippen LogP contribution in [0, 0.1) is 11.3 Å². The maximum Gasteiger partial charge on any atom is 0.168 e. The van der Waals surface area contributed by atoms with E-state index in [0.29, 0.717) is 12.5 Å². The number of rotatable bonds is 3. The average molecular weight is 260 g/mol. The zero-order valence-electron chi connectivity index (χ0n) is 11.7. The van der Waals surface area contributed by atoms with E-state index in [1.807, 2.05) is 20.8 Å². The highest BCUT2D eigenvalue weighted by molar-refractivity contribution is 7.93. The number of ether oxygens (including phenoxy) is 1. The molecule has 0 aromatic heterocycles. The molecule has 0 saturated heterocycles. The van der Waals surface area contributed by atoms with Gasteiger partial charge in [0.15, 0.2) is 9.84 Å². The molecule has 1 rings (SSSR count). The summed E-state index contributed by atoms with van der Waals surface area (Å²) < 4.78 is 28.2. The van der Waals surface area contributed by atoms with Gasteiger partial charge in [0.2, 0.25) is 0 Å². The molecule has 1 aliphatic carbocycles. The van der Waals surface area contributed by atoms with Crippen molar-refractivity contribution in [3.8, 4) is 0 Å². The molecule has 0 spiro atoms. The fraction of sp³-hybridized carbons (Fsp3) is 0.846. The Kier molecular flexibility index (Phi) is 3.80. The second-order valence-electron chi connectivity index (χ2n) is 6.52. The lowest BCUT2D eigenvalue weighted by Gasteiger charge is -2.48. The first-order valence-electron chi connectivity index (χ1n) is 5.97. The summed E-state index contributed by atoms with van der Waals surface area (Å²) in [4.78, 5) is 0. The van der Waals surface area contributed by atoms with E-state index in [1.54, 1.807) is 0 Å². The molecule has 0 bridgehead atoms. The highest BCUT2D eigenvalue weighted by atomic mass is 32.2. The normalized spacial score (nSPS) is 26.9. The van der Waals surface area contributed by atoms with Gasteiger partial charge in [-0.25, -0.2) is 8.42 Å². The summed E-state index contributed by atoms with van der Waals surface area (Å²) in [5, 5.41) is 1.42. The van der Waals surface area contributed by atoms with Crippen LogP contribution in [-0.4, -0.2) is 26.9 Å². The SMILES string of the molecule is CC(C)(C)OCC1CC(=CS(C)(=O)=O)C1(C)C. The van der Waals surface area contributed by atoms with E-state index in [0.717, 1.165) is 12.0 Å². The maximum absolute atomic E-state index is 11.2. The second-order valence-corrected chi connectivity index (χ2v) is 8.41. The molecule has 100 valence electrons. The predicted octanol–water partition coefficient (Wildman–Crippen LogP) is 2.78. The van der Waals surface area contributed by atoms with Crippen molar-refractivity contribution in [3.63, 3.8) is 0 Å². The molecule has 17 heavy (non-hydrogen) atoms. The van der Waals surface area contributed by atoms with Crippen molar-refractivity contribution >= 4 is 9.84 Å². The van der Waals surface area contributed by atoms with Crippen LogP contribution in [0.5, 0.6) is 0 Å². The smallest absolute Gasteiger partial charge is 0.168 e. The summed E-state index contributed by atoms with van der Waals surface area (Å²) in [5.41, 5.74) is 0.822. The molecule has 1 fully saturated rings. The molecule has 0 heterocycles. The molecule has 0 amide bonds. The lowest BCUT2D eigenvalue weighted by Crippen LogP contribution is -2.42. The molecule has 0 radical (unpaired) electrons. The summed E-state index contributed by atoms with van der Waals surface area (Å²) in [7, 11) is -3.02. The Bertz CT molecular complexity index is 410. The van der Waals surface area contributed by atoms with Crippen molar-refractivity contribution in [3.05, 3.63) is 11.0 Å². The van der Waals surface area contributed by atoms with E-state index in [9.17, 15) is 8.42 Å². The Labute approximate surface area is 105 Å². The molecule has 4 heteroatoms. The highest BCUT2D eigenvalue weighted by Gasteiger charge is 2.44. The van der Waals surface area contributed by atoms with Gasteiger partial charge in [0, 0.05) is 11.7 Å². The van der Waals surface area contributed by atoms with Crippen LogP contribution in [0.3, 0.4) is 0 Å². The first-order chi connectivity index (χ1) is 7.42. The third-order valence-electron chi connectivity index (χ3n) is 3.39. The van der Waals surface area contributed by atoms with Crippen LogP contribution in [0.1, 0.15) is 41.0 Å². The summed E-state index contributed by atoms with van der Waals surface area (Å²) in [6, 6.07) is 0. The number of hydrogen-bond acceptors (Lipinski definition) is 3. The third kappa shape index (κ3) is 4.11. The van der Waals surface area contributed by atoms with Gasteiger partial charge in [-0.05, 0) is 38.5 Å². The molecule has 0 aromatic rings. The second kappa shape index (κ2) is 4.39. The van der Waals surface area contributed by atoms with Crippen molar-refractivity contribution in [2.75, 3.05) is 12.9 Å². The Balaban J connectivity index is 2.65. The molecular formula is C13H24O3S. The van der Waals surface area contributed by atoms with Crippen LogP contribution in [0.15, 0.2) is 11.0 Å². The number of hydrogen-bond donors (Lipinski definition) is 0. The molecule has 1 atom stereocenters. The monoisotopic (exact) mass is 260 g/mol. The van der Waals surface area contributed by atoms with E-state index < -0.39 is 9.84 Å². The van der Waals surface area contributed by atoms with E-state index >= 15 is 0 Å². The fourth-order valence-corrected chi connectivity index (χ4v) is 2.91. The zero-order valence-corrected chi connectivity index (χ0v) is 12.5. The van der Waals surface area contributed by atoms with Crippen LogP contribution < -0.4 is 0 Å².